The minimum absolute atomic E-state index is 0.0926. The number of hydrogen-bond acceptors (Lipinski definition) is 0. The number of allylic oxidation sites excluding steroid dienone is 2. The first-order valence-electron chi connectivity index (χ1n) is 2.05. The fraction of sp³-hybridized carbons (Fsp3) is 0.400. The molecule has 0 nitrogen and oxygen atoms in total. The SMILES string of the molecule is F[C]1CC=CC1. The first kappa shape index (κ1) is 3.85. The lowest BCUT2D eigenvalue weighted by Crippen LogP contribution is -1.73. The molecule has 0 aliphatic heterocycles. The van der Waals surface area contributed by atoms with Crippen molar-refractivity contribution in [2.75, 3.05) is 0 Å². The molecule has 1 radical (unpaired) electrons. The molecule has 0 amide bonds. The van der Waals surface area contributed by atoms with E-state index in [1.807, 2.05) is 12.2 Å². The van der Waals surface area contributed by atoms with Gasteiger partial charge in [0, 0.05) is 12.8 Å². The van der Waals surface area contributed by atoms with E-state index in [0.717, 1.165) is 0 Å². The van der Waals surface area contributed by atoms with Crippen LogP contribution in [0.15, 0.2) is 12.2 Å². The van der Waals surface area contributed by atoms with Crippen LogP contribution >= 0.6 is 0 Å². The monoisotopic (exact) mass is 85.0 g/mol. The summed E-state index contributed by atoms with van der Waals surface area (Å²) in [6.45, 7) is 0. The van der Waals surface area contributed by atoms with Crippen molar-refractivity contribution in [1.82, 2.24) is 0 Å². The maximum atomic E-state index is 11.8. The van der Waals surface area contributed by atoms with Crippen LogP contribution in [0, 0.1) is 6.17 Å². The Balaban J connectivity index is 2.32. The predicted molar refractivity (Wildman–Crippen MR) is 22.7 cm³/mol. The van der Waals surface area contributed by atoms with Crippen LogP contribution in [0.2, 0.25) is 0 Å². The first-order valence-corrected chi connectivity index (χ1v) is 2.05. The van der Waals surface area contributed by atoms with Gasteiger partial charge in [-0.2, -0.15) is 0 Å². The molecule has 0 atom stereocenters. The molecular weight excluding hydrogens is 79.1 g/mol. The molecule has 6 heavy (non-hydrogen) atoms. The quantitative estimate of drug-likeness (QED) is 0.394. The third-order valence-corrected chi connectivity index (χ3v) is 0.845. The van der Waals surface area contributed by atoms with Gasteiger partial charge < -0.3 is 0 Å². The van der Waals surface area contributed by atoms with Crippen LogP contribution in [0.25, 0.3) is 0 Å². The Kier molecular flexibility index (Phi) is 0.906. The lowest BCUT2D eigenvalue weighted by atomic mass is 10.3. The number of rotatable bonds is 0. The summed E-state index contributed by atoms with van der Waals surface area (Å²) in [5.74, 6) is 0. The van der Waals surface area contributed by atoms with Gasteiger partial charge in [-0.25, -0.2) is 4.39 Å². The molecule has 0 aromatic carbocycles. The van der Waals surface area contributed by atoms with Gasteiger partial charge in [-0.15, -0.1) is 0 Å². The zero-order chi connectivity index (χ0) is 4.41. The molecule has 1 rings (SSSR count). The third-order valence-electron chi connectivity index (χ3n) is 0.845. The van der Waals surface area contributed by atoms with Crippen LogP contribution in [0.4, 0.5) is 4.39 Å². The smallest absolute Gasteiger partial charge is 0.152 e. The second kappa shape index (κ2) is 1.41. The highest BCUT2D eigenvalue weighted by atomic mass is 19.1. The van der Waals surface area contributed by atoms with Crippen molar-refractivity contribution in [1.29, 1.82) is 0 Å². The van der Waals surface area contributed by atoms with Crippen LogP contribution in [0.1, 0.15) is 12.8 Å². The van der Waals surface area contributed by atoms with Crippen molar-refractivity contribution < 1.29 is 4.39 Å². The summed E-state index contributed by atoms with van der Waals surface area (Å²) in [5.41, 5.74) is 0. The van der Waals surface area contributed by atoms with Gasteiger partial charge in [-0.1, -0.05) is 12.2 Å². The molecule has 0 bridgehead atoms. The van der Waals surface area contributed by atoms with E-state index in [1.165, 1.54) is 0 Å². The Morgan fingerprint density at radius 2 is 1.83 bits per heavy atom. The molecule has 0 saturated carbocycles. The van der Waals surface area contributed by atoms with E-state index >= 15 is 0 Å². The van der Waals surface area contributed by atoms with E-state index in [0.29, 0.717) is 12.8 Å². The molecule has 1 aliphatic rings. The van der Waals surface area contributed by atoms with E-state index in [9.17, 15) is 4.39 Å². The zero-order valence-electron chi connectivity index (χ0n) is 3.45. The van der Waals surface area contributed by atoms with E-state index in [-0.39, 0.29) is 6.17 Å². The molecule has 0 heterocycles. The largest absolute Gasteiger partial charge is 0.240 e. The van der Waals surface area contributed by atoms with E-state index in [1.54, 1.807) is 0 Å². The highest BCUT2D eigenvalue weighted by molar-refractivity contribution is 5.04. The molecule has 0 fully saturated rings. The van der Waals surface area contributed by atoms with Crippen molar-refractivity contribution >= 4 is 0 Å². The molecule has 0 aromatic heterocycles. The van der Waals surface area contributed by atoms with Gasteiger partial charge in [0.05, 0.1) is 0 Å². The van der Waals surface area contributed by atoms with Crippen molar-refractivity contribution in [2.24, 2.45) is 0 Å². The highest BCUT2D eigenvalue weighted by Gasteiger charge is 2.06. The molecule has 0 aromatic rings. The average Bonchev–Trinajstić information content (AvgIpc) is 1.86. The first-order chi connectivity index (χ1) is 2.89. The second-order valence-corrected chi connectivity index (χ2v) is 1.40. The van der Waals surface area contributed by atoms with Gasteiger partial charge in [-0.05, 0) is 0 Å². The maximum absolute atomic E-state index is 11.8. The molecule has 0 N–H and O–H groups in total. The van der Waals surface area contributed by atoms with Gasteiger partial charge in [-0.3, -0.25) is 0 Å². The van der Waals surface area contributed by atoms with Crippen LogP contribution in [-0.4, -0.2) is 0 Å². The predicted octanol–water partition coefficient (Wildman–Crippen LogP) is 1.84. The van der Waals surface area contributed by atoms with Crippen LogP contribution in [0.3, 0.4) is 0 Å². The summed E-state index contributed by atoms with van der Waals surface area (Å²) < 4.78 is 11.8. The van der Waals surface area contributed by atoms with Crippen molar-refractivity contribution in [3.8, 4) is 0 Å². The number of hydrogen-bond donors (Lipinski definition) is 0. The molecular formula is C5H6F. The Morgan fingerprint density at radius 3 is 2.00 bits per heavy atom. The summed E-state index contributed by atoms with van der Waals surface area (Å²) >= 11 is 0. The van der Waals surface area contributed by atoms with Crippen LogP contribution in [0.5, 0.6) is 0 Å². The minimum atomic E-state index is 0.0926. The van der Waals surface area contributed by atoms with Crippen molar-refractivity contribution in [3.63, 3.8) is 0 Å². The second-order valence-electron chi connectivity index (χ2n) is 1.40. The Hall–Kier alpha value is -0.330. The normalized spacial score (nSPS) is 22.8. The van der Waals surface area contributed by atoms with Crippen molar-refractivity contribution in [3.05, 3.63) is 18.3 Å². The molecule has 0 spiro atoms. The van der Waals surface area contributed by atoms with Crippen LogP contribution < -0.4 is 0 Å². The fourth-order valence-electron chi connectivity index (χ4n) is 0.506. The molecule has 0 unspecified atom stereocenters. The fourth-order valence-corrected chi connectivity index (χ4v) is 0.506. The Morgan fingerprint density at radius 1 is 1.33 bits per heavy atom. The van der Waals surface area contributed by atoms with Crippen molar-refractivity contribution in [2.45, 2.75) is 12.8 Å². The third kappa shape index (κ3) is 0.588. The van der Waals surface area contributed by atoms with Gasteiger partial charge in [0.25, 0.3) is 0 Å². The lowest BCUT2D eigenvalue weighted by Gasteiger charge is -1.85. The summed E-state index contributed by atoms with van der Waals surface area (Å²) in [5, 5.41) is 0. The molecule has 33 valence electrons. The van der Waals surface area contributed by atoms with Gasteiger partial charge in [0.15, 0.2) is 6.17 Å². The summed E-state index contributed by atoms with van der Waals surface area (Å²) in [6, 6.07) is 0. The van der Waals surface area contributed by atoms with Gasteiger partial charge in [0.2, 0.25) is 0 Å². The van der Waals surface area contributed by atoms with E-state index < -0.39 is 0 Å². The summed E-state index contributed by atoms with van der Waals surface area (Å²) in [6.07, 6.45) is 4.89. The molecule has 1 heteroatoms. The highest BCUT2D eigenvalue weighted by Crippen LogP contribution is 2.19. The Labute approximate surface area is 36.7 Å². The zero-order valence-corrected chi connectivity index (χ0v) is 3.45. The summed E-state index contributed by atoms with van der Waals surface area (Å²) in [7, 11) is 0. The molecule has 1 aliphatic carbocycles. The average molecular weight is 85.1 g/mol. The van der Waals surface area contributed by atoms with Crippen LogP contribution in [-0.2, 0) is 0 Å². The minimum Gasteiger partial charge on any atom is -0.240 e. The summed E-state index contributed by atoms with van der Waals surface area (Å²) in [4.78, 5) is 0. The van der Waals surface area contributed by atoms with Gasteiger partial charge >= 0.3 is 0 Å². The van der Waals surface area contributed by atoms with E-state index in [2.05, 4.69) is 0 Å². The number of halogens is 1. The lowest BCUT2D eigenvalue weighted by molar-refractivity contribution is 0.488. The van der Waals surface area contributed by atoms with Gasteiger partial charge in [0.1, 0.15) is 0 Å². The standard InChI is InChI=1S/C5H6F/c6-5-3-1-2-4-5/h1-2H,3-4H2. The topological polar surface area (TPSA) is 0 Å². The maximum Gasteiger partial charge on any atom is 0.152 e. The molecule has 0 saturated heterocycles. The Bertz CT molecular complexity index is 58.3. The van der Waals surface area contributed by atoms with E-state index in [4.69, 9.17) is 0 Å².